The number of guanidine groups is 1. The molecule has 3 N–H and O–H groups in total. The Hall–Kier alpha value is -2.86. The van der Waals surface area contributed by atoms with Crippen LogP contribution in [0.3, 0.4) is 0 Å². The molecule has 6 heteroatoms. The van der Waals surface area contributed by atoms with Gasteiger partial charge in [0.25, 0.3) is 5.91 Å². The Morgan fingerprint density at radius 2 is 1.83 bits per heavy atom. The number of rotatable bonds is 10. The van der Waals surface area contributed by atoms with Crippen LogP contribution >= 0.6 is 0 Å². The number of hydrogen-bond acceptors (Lipinski definition) is 3. The third-order valence-electron chi connectivity index (χ3n) is 4.31. The molecule has 29 heavy (non-hydrogen) atoms. The van der Waals surface area contributed by atoms with Crippen molar-refractivity contribution in [2.75, 3.05) is 26.7 Å². The molecular formula is C23H32N4O2. The summed E-state index contributed by atoms with van der Waals surface area (Å²) < 4.78 is 5.81. The second-order valence-corrected chi connectivity index (χ2v) is 6.96. The van der Waals surface area contributed by atoms with Gasteiger partial charge < -0.3 is 20.7 Å². The first-order valence-corrected chi connectivity index (χ1v) is 10.1. The van der Waals surface area contributed by atoms with Crippen LogP contribution in [0.1, 0.15) is 35.3 Å². The molecular weight excluding hydrogens is 364 g/mol. The van der Waals surface area contributed by atoms with Gasteiger partial charge in [0.15, 0.2) is 5.96 Å². The standard InChI is InChI=1S/C23H32N4O2/c1-4-25-23(27-15-20-11-8-12-21(13-20)22(28)24-3)26-14-18(2)16-29-17-19-9-6-5-7-10-19/h5-13,18H,4,14-17H2,1-3H3,(H,24,28)(H2,25,26,27). The number of nitrogens with zero attached hydrogens (tertiary/aromatic N) is 1. The Balaban J connectivity index is 1.81. The van der Waals surface area contributed by atoms with Gasteiger partial charge in [0, 0.05) is 25.7 Å². The van der Waals surface area contributed by atoms with E-state index in [0.717, 1.165) is 24.6 Å². The molecule has 156 valence electrons. The second kappa shape index (κ2) is 12.6. The lowest BCUT2D eigenvalue weighted by molar-refractivity contribution is 0.0931. The van der Waals surface area contributed by atoms with Crippen LogP contribution in [0.4, 0.5) is 0 Å². The van der Waals surface area contributed by atoms with E-state index >= 15 is 0 Å². The molecule has 0 saturated carbocycles. The number of ether oxygens (including phenoxy) is 1. The lowest BCUT2D eigenvalue weighted by Crippen LogP contribution is -2.40. The van der Waals surface area contributed by atoms with Crippen LogP contribution in [-0.4, -0.2) is 38.6 Å². The summed E-state index contributed by atoms with van der Waals surface area (Å²) in [6.45, 7) is 7.53. The fraction of sp³-hybridized carbons (Fsp3) is 0.391. The van der Waals surface area contributed by atoms with E-state index in [1.807, 2.05) is 43.3 Å². The molecule has 0 fully saturated rings. The summed E-state index contributed by atoms with van der Waals surface area (Å²) >= 11 is 0. The molecule has 0 saturated heterocycles. The van der Waals surface area contributed by atoms with E-state index in [0.29, 0.717) is 31.2 Å². The fourth-order valence-corrected chi connectivity index (χ4v) is 2.75. The molecule has 1 unspecified atom stereocenters. The van der Waals surface area contributed by atoms with E-state index in [9.17, 15) is 4.79 Å². The van der Waals surface area contributed by atoms with Crippen molar-refractivity contribution >= 4 is 11.9 Å². The Labute approximate surface area is 173 Å². The minimum absolute atomic E-state index is 0.0924. The first kappa shape index (κ1) is 22.4. The Kier molecular flexibility index (Phi) is 9.72. The third-order valence-corrected chi connectivity index (χ3v) is 4.31. The van der Waals surface area contributed by atoms with Crippen molar-refractivity contribution in [1.82, 2.24) is 16.0 Å². The maximum atomic E-state index is 11.8. The maximum absolute atomic E-state index is 11.8. The Bertz CT molecular complexity index is 777. The molecule has 0 aliphatic carbocycles. The zero-order chi connectivity index (χ0) is 20.9. The van der Waals surface area contributed by atoms with Crippen molar-refractivity contribution in [2.45, 2.75) is 27.0 Å². The van der Waals surface area contributed by atoms with Gasteiger partial charge in [-0.2, -0.15) is 0 Å². The van der Waals surface area contributed by atoms with Crippen LogP contribution in [-0.2, 0) is 17.9 Å². The summed E-state index contributed by atoms with van der Waals surface area (Å²) in [7, 11) is 1.63. The van der Waals surface area contributed by atoms with Gasteiger partial charge in [0.05, 0.1) is 19.8 Å². The van der Waals surface area contributed by atoms with Crippen molar-refractivity contribution < 1.29 is 9.53 Å². The molecule has 0 bridgehead atoms. The first-order chi connectivity index (χ1) is 14.1. The molecule has 2 aromatic carbocycles. The van der Waals surface area contributed by atoms with E-state index in [1.165, 1.54) is 5.56 Å². The number of nitrogens with one attached hydrogen (secondary N) is 3. The summed E-state index contributed by atoms with van der Waals surface area (Å²) in [5, 5.41) is 9.27. The Morgan fingerprint density at radius 3 is 2.55 bits per heavy atom. The third kappa shape index (κ3) is 8.35. The van der Waals surface area contributed by atoms with Gasteiger partial charge in [-0.3, -0.25) is 4.79 Å². The highest BCUT2D eigenvalue weighted by molar-refractivity contribution is 5.94. The van der Waals surface area contributed by atoms with Gasteiger partial charge in [-0.25, -0.2) is 4.99 Å². The summed E-state index contributed by atoms with van der Waals surface area (Å²) in [4.78, 5) is 16.4. The molecule has 0 radical (unpaired) electrons. The molecule has 0 heterocycles. The van der Waals surface area contributed by atoms with Crippen LogP contribution < -0.4 is 16.0 Å². The highest BCUT2D eigenvalue weighted by Gasteiger charge is 2.06. The molecule has 2 aromatic rings. The summed E-state index contributed by atoms with van der Waals surface area (Å²) in [5.41, 5.74) is 2.81. The van der Waals surface area contributed by atoms with Crippen LogP contribution in [0, 0.1) is 5.92 Å². The molecule has 6 nitrogen and oxygen atoms in total. The van der Waals surface area contributed by atoms with Crippen LogP contribution in [0.2, 0.25) is 0 Å². The monoisotopic (exact) mass is 396 g/mol. The predicted molar refractivity (Wildman–Crippen MR) is 118 cm³/mol. The van der Waals surface area contributed by atoms with Gasteiger partial charge >= 0.3 is 0 Å². The topological polar surface area (TPSA) is 74.8 Å². The van der Waals surface area contributed by atoms with Crippen LogP contribution in [0.25, 0.3) is 0 Å². The number of benzene rings is 2. The number of hydrogen-bond donors (Lipinski definition) is 3. The zero-order valence-corrected chi connectivity index (χ0v) is 17.6. The number of aliphatic imine (C=N–C) groups is 1. The SMILES string of the molecule is CCNC(=NCc1cccc(C(=O)NC)c1)NCC(C)COCc1ccccc1. The van der Waals surface area contributed by atoms with E-state index in [2.05, 4.69) is 40.0 Å². The molecule has 0 spiro atoms. The molecule has 1 atom stereocenters. The molecule has 0 aliphatic heterocycles. The lowest BCUT2D eigenvalue weighted by Gasteiger charge is -2.16. The zero-order valence-electron chi connectivity index (χ0n) is 17.6. The summed E-state index contributed by atoms with van der Waals surface area (Å²) in [5.74, 6) is 1.01. The molecule has 0 aliphatic rings. The van der Waals surface area contributed by atoms with E-state index < -0.39 is 0 Å². The molecule has 0 aromatic heterocycles. The van der Waals surface area contributed by atoms with Gasteiger partial charge in [0.1, 0.15) is 0 Å². The fourth-order valence-electron chi connectivity index (χ4n) is 2.75. The van der Waals surface area contributed by atoms with Crippen molar-refractivity contribution in [1.29, 1.82) is 0 Å². The predicted octanol–water partition coefficient (Wildman–Crippen LogP) is 2.95. The van der Waals surface area contributed by atoms with Crippen molar-refractivity contribution in [2.24, 2.45) is 10.9 Å². The average Bonchev–Trinajstić information content (AvgIpc) is 2.76. The van der Waals surface area contributed by atoms with Gasteiger partial charge in [-0.1, -0.05) is 49.4 Å². The average molecular weight is 397 g/mol. The quantitative estimate of drug-likeness (QED) is 0.426. The maximum Gasteiger partial charge on any atom is 0.251 e. The second-order valence-electron chi connectivity index (χ2n) is 6.96. The van der Waals surface area contributed by atoms with E-state index in [4.69, 9.17) is 4.74 Å². The lowest BCUT2D eigenvalue weighted by atomic mass is 10.1. The Morgan fingerprint density at radius 1 is 1.07 bits per heavy atom. The summed E-state index contributed by atoms with van der Waals surface area (Å²) in [6.07, 6.45) is 0. The normalized spacial score (nSPS) is 12.3. The van der Waals surface area contributed by atoms with E-state index in [1.54, 1.807) is 13.1 Å². The molecule has 2 rings (SSSR count). The molecule has 1 amide bonds. The van der Waals surface area contributed by atoms with Gasteiger partial charge in [0.2, 0.25) is 0 Å². The minimum Gasteiger partial charge on any atom is -0.376 e. The highest BCUT2D eigenvalue weighted by atomic mass is 16.5. The number of amides is 1. The van der Waals surface area contributed by atoms with E-state index in [-0.39, 0.29) is 5.91 Å². The summed E-state index contributed by atoms with van der Waals surface area (Å²) in [6, 6.07) is 17.7. The highest BCUT2D eigenvalue weighted by Crippen LogP contribution is 2.07. The smallest absolute Gasteiger partial charge is 0.251 e. The number of carbonyl (C=O) groups is 1. The van der Waals surface area contributed by atoms with Crippen LogP contribution in [0.15, 0.2) is 59.6 Å². The minimum atomic E-state index is -0.0924. The van der Waals surface area contributed by atoms with Gasteiger partial charge in [-0.15, -0.1) is 0 Å². The van der Waals surface area contributed by atoms with Crippen molar-refractivity contribution in [3.63, 3.8) is 0 Å². The van der Waals surface area contributed by atoms with Gasteiger partial charge in [-0.05, 0) is 36.1 Å². The largest absolute Gasteiger partial charge is 0.376 e. The van der Waals surface area contributed by atoms with Crippen molar-refractivity contribution in [3.8, 4) is 0 Å². The van der Waals surface area contributed by atoms with Crippen molar-refractivity contribution in [3.05, 3.63) is 71.3 Å². The number of carbonyl (C=O) groups excluding carboxylic acids is 1. The first-order valence-electron chi connectivity index (χ1n) is 10.1. The van der Waals surface area contributed by atoms with Crippen LogP contribution in [0.5, 0.6) is 0 Å².